The Bertz CT molecular complexity index is 624. The average Bonchev–Trinajstić information content (AvgIpc) is 2.33. The van der Waals surface area contributed by atoms with Gasteiger partial charge in [-0.1, -0.05) is 0 Å². The Morgan fingerprint density at radius 3 is 2.52 bits per heavy atom. The van der Waals surface area contributed by atoms with E-state index in [4.69, 9.17) is 10.2 Å². The van der Waals surface area contributed by atoms with Crippen LogP contribution in [0.3, 0.4) is 0 Å². The third-order valence-corrected chi connectivity index (χ3v) is 4.51. The molecule has 0 fully saturated rings. The SMILES string of the molecule is Cc1cc(O)c(C(=O)O)cc1S(=O)(=O)NCCCC(C)O. The zero-order chi connectivity index (χ0) is 16.2. The standard InChI is InChI=1S/C13H19NO6S/c1-8-6-11(16)10(13(17)18)7-12(8)21(19,20)14-5-3-4-9(2)15/h6-7,9,14-16H,3-5H2,1-2H3,(H,17,18). The molecule has 0 aliphatic rings. The minimum atomic E-state index is -3.87. The molecule has 0 saturated heterocycles. The zero-order valence-electron chi connectivity index (χ0n) is 11.8. The van der Waals surface area contributed by atoms with Gasteiger partial charge in [-0.15, -0.1) is 0 Å². The van der Waals surface area contributed by atoms with Gasteiger partial charge in [-0.25, -0.2) is 17.9 Å². The highest BCUT2D eigenvalue weighted by atomic mass is 32.2. The summed E-state index contributed by atoms with van der Waals surface area (Å²) in [6, 6.07) is 2.04. The van der Waals surface area contributed by atoms with Crippen molar-refractivity contribution in [3.05, 3.63) is 23.3 Å². The van der Waals surface area contributed by atoms with Crippen molar-refractivity contribution in [2.45, 2.75) is 37.7 Å². The third-order valence-electron chi connectivity index (χ3n) is 2.90. The number of aryl methyl sites for hydroxylation is 1. The first kappa shape index (κ1) is 17.4. The number of aromatic hydroxyl groups is 1. The number of carbonyl (C=O) groups is 1. The van der Waals surface area contributed by atoms with Crippen LogP contribution in [0.5, 0.6) is 5.75 Å². The molecule has 0 spiro atoms. The Kier molecular flexibility index (Phi) is 5.70. The highest BCUT2D eigenvalue weighted by molar-refractivity contribution is 7.89. The first-order chi connectivity index (χ1) is 9.65. The number of benzene rings is 1. The molecule has 1 atom stereocenters. The van der Waals surface area contributed by atoms with E-state index in [9.17, 15) is 18.3 Å². The molecule has 21 heavy (non-hydrogen) atoms. The highest BCUT2D eigenvalue weighted by Crippen LogP contribution is 2.25. The number of rotatable bonds is 7. The van der Waals surface area contributed by atoms with Gasteiger partial charge in [-0.2, -0.15) is 0 Å². The van der Waals surface area contributed by atoms with Crippen molar-refractivity contribution in [1.29, 1.82) is 0 Å². The van der Waals surface area contributed by atoms with E-state index < -0.39 is 33.4 Å². The Hall–Kier alpha value is -1.64. The lowest BCUT2D eigenvalue weighted by Gasteiger charge is -2.11. The molecule has 118 valence electrons. The van der Waals surface area contributed by atoms with Crippen LogP contribution in [0.15, 0.2) is 17.0 Å². The monoisotopic (exact) mass is 317 g/mol. The maximum absolute atomic E-state index is 12.1. The maximum atomic E-state index is 12.1. The minimum absolute atomic E-state index is 0.135. The van der Waals surface area contributed by atoms with E-state index in [0.29, 0.717) is 12.8 Å². The van der Waals surface area contributed by atoms with Gasteiger partial charge in [0.1, 0.15) is 11.3 Å². The predicted molar refractivity (Wildman–Crippen MR) is 75.9 cm³/mol. The molecule has 1 rings (SSSR count). The Labute approximate surface area is 123 Å². The van der Waals surface area contributed by atoms with Crippen molar-refractivity contribution >= 4 is 16.0 Å². The first-order valence-electron chi connectivity index (χ1n) is 6.39. The van der Waals surface area contributed by atoms with Crippen molar-refractivity contribution in [3.8, 4) is 5.75 Å². The number of carboxylic acids is 1. The average molecular weight is 317 g/mol. The molecule has 0 aliphatic carbocycles. The number of nitrogens with one attached hydrogen (secondary N) is 1. The molecule has 0 aromatic heterocycles. The lowest BCUT2D eigenvalue weighted by molar-refractivity contribution is 0.0693. The van der Waals surface area contributed by atoms with Crippen LogP contribution in [-0.2, 0) is 10.0 Å². The van der Waals surface area contributed by atoms with Gasteiger partial charge in [-0.05, 0) is 44.4 Å². The Morgan fingerprint density at radius 2 is 2.00 bits per heavy atom. The number of sulfonamides is 1. The van der Waals surface area contributed by atoms with Crippen LogP contribution in [0.1, 0.15) is 35.7 Å². The number of aliphatic hydroxyl groups is 1. The van der Waals surface area contributed by atoms with E-state index in [1.165, 1.54) is 6.92 Å². The van der Waals surface area contributed by atoms with Crippen LogP contribution < -0.4 is 4.72 Å². The first-order valence-corrected chi connectivity index (χ1v) is 7.88. The fourth-order valence-corrected chi connectivity index (χ4v) is 3.14. The Morgan fingerprint density at radius 1 is 1.38 bits per heavy atom. The van der Waals surface area contributed by atoms with Crippen molar-refractivity contribution in [2.75, 3.05) is 6.54 Å². The summed E-state index contributed by atoms with van der Waals surface area (Å²) in [5.74, 6) is -1.88. The number of carboxylic acid groups (broad SMARTS) is 1. The number of phenols is 1. The van der Waals surface area contributed by atoms with Gasteiger partial charge >= 0.3 is 5.97 Å². The lowest BCUT2D eigenvalue weighted by atomic mass is 10.1. The van der Waals surface area contributed by atoms with E-state index in [0.717, 1.165) is 12.1 Å². The summed E-state index contributed by atoms with van der Waals surface area (Å²) in [5, 5.41) is 27.5. The van der Waals surface area contributed by atoms with Gasteiger partial charge in [0.2, 0.25) is 10.0 Å². The van der Waals surface area contributed by atoms with Gasteiger partial charge < -0.3 is 15.3 Å². The molecule has 7 nitrogen and oxygen atoms in total. The van der Waals surface area contributed by atoms with Crippen LogP contribution >= 0.6 is 0 Å². The van der Waals surface area contributed by atoms with E-state index in [-0.39, 0.29) is 17.0 Å². The normalized spacial score (nSPS) is 13.1. The number of aromatic carboxylic acids is 1. The Balaban J connectivity index is 2.97. The molecule has 1 aromatic carbocycles. The van der Waals surface area contributed by atoms with Crippen LogP contribution in [-0.4, -0.2) is 42.4 Å². The summed E-state index contributed by atoms with van der Waals surface area (Å²) in [6.07, 6.45) is 0.403. The zero-order valence-corrected chi connectivity index (χ0v) is 12.6. The molecule has 0 saturated carbocycles. The summed E-state index contributed by atoms with van der Waals surface area (Å²) in [7, 11) is -3.87. The number of hydrogen-bond acceptors (Lipinski definition) is 5. The lowest BCUT2D eigenvalue weighted by Crippen LogP contribution is -2.26. The minimum Gasteiger partial charge on any atom is -0.507 e. The second-order valence-electron chi connectivity index (χ2n) is 4.83. The fraction of sp³-hybridized carbons (Fsp3) is 0.462. The quantitative estimate of drug-likeness (QED) is 0.552. The number of hydrogen-bond donors (Lipinski definition) is 4. The summed E-state index contributed by atoms with van der Waals surface area (Å²) in [6.45, 7) is 3.21. The molecule has 0 heterocycles. The molecule has 4 N–H and O–H groups in total. The fourth-order valence-electron chi connectivity index (χ4n) is 1.82. The summed E-state index contributed by atoms with van der Waals surface area (Å²) in [4.78, 5) is 10.8. The molecule has 0 aliphatic heterocycles. The maximum Gasteiger partial charge on any atom is 0.339 e. The van der Waals surface area contributed by atoms with Crippen molar-refractivity contribution < 1.29 is 28.5 Å². The second kappa shape index (κ2) is 6.88. The van der Waals surface area contributed by atoms with Gasteiger partial charge in [0.05, 0.1) is 11.0 Å². The number of aliphatic hydroxyl groups excluding tert-OH is 1. The molecule has 0 bridgehead atoms. The van der Waals surface area contributed by atoms with Gasteiger partial charge in [0.25, 0.3) is 0 Å². The van der Waals surface area contributed by atoms with Crippen LogP contribution in [0.25, 0.3) is 0 Å². The molecular formula is C13H19NO6S. The third kappa shape index (κ3) is 4.69. The van der Waals surface area contributed by atoms with Crippen molar-refractivity contribution in [3.63, 3.8) is 0 Å². The van der Waals surface area contributed by atoms with Crippen LogP contribution in [0.2, 0.25) is 0 Å². The van der Waals surface area contributed by atoms with Gasteiger partial charge in [0.15, 0.2) is 0 Å². The molecule has 1 aromatic rings. The van der Waals surface area contributed by atoms with Crippen molar-refractivity contribution in [2.24, 2.45) is 0 Å². The smallest absolute Gasteiger partial charge is 0.339 e. The predicted octanol–water partition coefficient (Wildman–Crippen LogP) is 0.838. The van der Waals surface area contributed by atoms with Gasteiger partial charge in [0, 0.05) is 6.54 Å². The van der Waals surface area contributed by atoms with E-state index in [1.54, 1.807) is 6.92 Å². The molecule has 0 radical (unpaired) electrons. The van der Waals surface area contributed by atoms with Crippen molar-refractivity contribution in [1.82, 2.24) is 4.72 Å². The summed E-state index contributed by atoms with van der Waals surface area (Å²) in [5.41, 5.74) is -0.217. The highest BCUT2D eigenvalue weighted by Gasteiger charge is 2.21. The van der Waals surface area contributed by atoms with Crippen LogP contribution in [0.4, 0.5) is 0 Å². The van der Waals surface area contributed by atoms with Crippen LogP contribution in [0, 0.1) is 6.92 Å². The van der Waals surface area contributed by atoms with E-state index in [2.05, 4.69) is 4.72 Å². The molecular weight excluding hydrogens is 298 g/mol. The van der Waals surface area contributed by atoms with Gasteiger partial charge in [-0.3, -0.25) is 0 Å². The van der Waals surface area contributed by atoms with E-state index in [1.807, 2.05) is 0 Å². The molecule has 1 unspecified atom stereocenters. The van der Waals surface area contributed by atoms with E-state index >= 15 is 0 Å². The molecule has 8 heteroatoms. The summed E-state index contributed by atoms with van der Waals surface area (Å²) >= 11 is 0. The summed E-state index contributed by atoms with van der Waals surface area (Å²) < 4.78 is 26.6. The topological polar surface area (TPSA) is 124 Å². The molecule has 0 amide bonds. The largest absolute Gasteiger partial charge is 0.507 e. The second-order valence-corrected chi connectivity index (χ2v) is 6.56.